The minimum atomic E-state index is -3.98. The van der Waals surface area contributed by atoms with Crippen molar-refractivity contribution >= 4 is 16.2 Å². The first kappa shape index (κ1) is 8.14. The molecule has 0 aliphatic carbocycles. The molecular weight excluding hydrogens is 148 g/mol. The first-order valence-corrected chi connectivity index (χ1v) is 3.31. The van der Waals surface area contributed by atoms with E-state index in [-0.39, 0.29) is 0 Å². The Morgan fingerprint density at radius 3 is 2.00 bits per heavy atom. The van der Waals surface area contributed by atoms with Crippen LogP contribution >= 0.6 is 0 Å². The van der Waals surface area contributed by atoms with Crippen LogP contribution in [0.4, 0.5) is 4.79 Å². The van der Waals surface area contributed by atoms with E-state index in [1.807, 2.05) is 0 Å². The Kier molecular flexibility index (Phi) is 2.37. The third-order valence-electron chi connectivity index (χ3n) is 0.366. The van der Waals surface area contributed by atoms with Crippen LogP contribution in [0.5, 0.6) is 0 Å². The number of hydrogen-bond donors (Lipinski definition) is 4. The summed E-state index contributed by atoms with van der Waals surface area (Å²) in [4.78, 5) is 10.0. The van der Waals surface area contributed by atoms with Crippen molar-refractivity contribution < 1.29 is 13.2 Å². The van der Waals surface area contributed by atoms with Crippen LogP contribution in [0.25, 0.3) is 0 Å². The molecule has 0 spiro atoms. The number of hydrazine groups is 1. The van der Waals surface area contributed by atoms with Crippen LogP contribution in [-0.2, 0) is 10.2 Å². The number of nitrogens with two attached hydrogens (primary N) is 2. The van der Waals surface area contributed by atoms with Gasteiger partial charge in [-0.2, -0.15) is 8.42 Å². The highest BCUT2D eigenvalue weighted by atomic mass is 32.2. The van der Waals surface area contributed by atoms with Gasteiger partial charge < -0.3 is 0 Å². The molecule has 0 aliphatic heterocycles. The van der Waals surface area contributed by atoms with Gasteiger partial charge in [0, 0.05) is 0 Å². The second kappa shape index (κ2) is 2.62. The van der Waals surface area contributed by atoms with Crippen LogP contribution in [-0.4, -0.2) is 14.4 Å². The fourth-order valence-corrected chi connectivity index (χ4v) is 0.476. The Hall–Kier alpha value is -0.860. The quantitative estimate of drug-likeness (QED) is 0.187. The number of nitrogens with one attached hydrogen (secondary N) is 2. The molecule has 2 amide bonds. The normalized spacial score (nSPS) is 10.4. The van der Waals surface area contributed by atoms with E-state index in [1.54, 1.807) is 0 Å². The summed E-state index contributed by atoms with van der Waals surface area (Å²) in [5.74, 6) is 4.50. The van der Waals surface area contributed by atoms with Crippen molar-refractivity contribution in [3.8, 4) is 0 Å². The maximum Gasteiger partial charge on any atom is 0.343 e. The summed E-state index contributed by atoms with van der Waals surface area (Å²) in [5, 5.41) is 4.36. The van der Waals surface area contributed by atoms with E-state index in [0.717, 1.165) is 0 Å². The van der Waals surface area contributed by atoms with E-state index in [0.29, 0.717) is 0 Å². The third kappa shape index (κ3) is 5.00. The molecule has 54 valence electrons. The second-order valence-electron chi connectivity index (χ2n) is 1.12. The minimum absolute atomic E-state index is 1.07. The van der Waals surface area contributed by atoms with Gasteiger partial charge in [-0.15, -0.1) is 0 Å². The van der Waals surface area contributed by atoms with E-state index in [2.05, 4.69) is 11.0 Å². The summed E-state index contributed by atoms with van der Waals surface area (Å²) >= 11 is 0. The van der Waals surface area contributed by atoms with E-state index in [9.17, 15) is 13.2 Å². The molecule has 0 aliphatic rings. The number of carbonyl (C=O) groups excluding carboxylic acids is 1. The van der Waals surface area contributed by atoms with Crippen LogP contribution in [0.3, 0.4) is 0 Å². The lowest BCUT2D eigenvalue weighted by Gasteiger charge is -1.97. The van der Waals surface area contributed by atoms with Gasteiger partial charge in [0.25, 0.3) is 10.2 Å². The average Bonchev–Trinajstić information content (AvgIpc) is 1.62. The topological polar surface area (TPSA) is 127 Å². The molecule has 0 rings (SSSR count). The zero-order chi connectivity index (χ0) is 7.49. The monoisotopic (exact) mass is 154 g/mol. The van der Waals surface area contributed by atoms with Crippen molar-refractivity contribution in [2.75, 3.05) is 0 Å². The Morgan fingerprint density at radius 1 is 1.44 bits per heavy atom. The van der Waals surface area contributed by atoms with Crippen molar-refractivity contribution in [2.45, 2.75) is 0 Å². The molecule has 0 aromatic carbocycles. The van der Waals surface area contributed by atoms with E-state index in [4.69, 9.17) is 0 Å². The molecule has 0 saturated carbocycles. The highest BCUT2D eigenvalue weighted by Gasteiger charge is 2.04. The van der Waals surface area contributed by atoms with Gasteiger partial charge in [0.1, 0.15) is 0 Å². The average molecular weight is 154 g/mol. The van der Waals surface area contributed by atoms with Gasteiger partial charge in [0.05, 0.1) is 0 Å². The van der Waals surface area contributed by atoms with Crippen LogP contribution < -0.4 is 21.1 Å². The standard InChI is InChI=1S/CH6N4O3S/c2-4-1(6)5-9(3,7)8/h2H2,(H2,3,7,8)(H2,4,5,6). The molecule has 0 saturated heterocycles. The predicted octanol–water partition coefficient (Wildman–Crippen LogP) is -2.64. The molecule has 0 unspecified atom stereocenters. The molecule has 0 atom stereocenters. The number of carbonyl (C=O) groups is 1. The van der Waals surface area contributed by atoms with E-state index < -0.39 is 16.2 Å². The largest absolute Gasteiger partial charge is 0.343 e. The van der Waals surface area contributed by atoms with Crippen molar-refractivity contribution in [1.82, 2.24) is 10.1 Å². The van der Waals surface area contributed by atoms with Crippen molar-refractivity contribution in [1.29, 1.82) is 0 Å². The highest BCUT2D eigenvalue weighted by molar-refractivity contribution is 7.87. The van der Waals surface area contributed by atoms with Gasteiger partial charge in [-0.05, 0) is 0 Å². The Labute approximate surface area is 51.5 Å². The lowest BCUT2D eigenvalue weighted by molar-refractivity contribution is 0.246. The maximum absolute atomic E-state index is 10.0. The summed E-state index contributed by atoms with van der Waals surface area (Å²) < 4.78 is 21.2. The predicted molar refractivity (Wildman–Crippen MR) is 29.0 cm³/mol. The molecule has 7 nitrogen and oxygen atoms in total. The first-order valence-electron chi connectivity index (χ1n) is 1.77. The fourth-order valence-electron chi connectivity index (χ4n) is 0.159. The van der Waals surface area contributed by atoms with Gasteiger partial charge >= 0.3 is 6.03 Å². The van der Waals surface area contributed by atoms with Gasteiger partial charge in [0.2, 0.25) is 0 Å². The Balaban J connectivity index is 3.91. The zero-order valence-corrected chi connectivity index (χ0v) is 5.10. The molecule has 6 N–H and O–H groups in total. The number of hydrogen-bond acceptors (Lipinski definition) is 4. The molecule has 0 aromatic heterocycles. The zero-order valence-electron chi connectivity index (χ0n) is 4.29. The van der Waals surface area contributed by atoms with Gasteiger partial charge in [-0.25, -0.2) is 20.5 Å². The molecule has 0 radical (unpaired) electrons. The minimum Gasteiger partial charge on any atom is -0.275 e. The molecular formula is CH6N4O3S. The smallest absolute Gasteiger partial charge is 0.275 e. The summed E-state index contributed by atoms with van der Waals surface area (Å²) in [6.45, 7) is 0. The summed E-state index contributed by atoms with van der Waals surface area (Å²) in [7, 11) is -3.98. The van der Waals surface area contributed by atoms with Crippen molar-refractivity contribution in [2.24, 2.45) is 11.0 Å². The fraction of sp³-hybridized carbons (Fsp3) is 0. The number of amides is 2. The molecule has 0 aromatic rings. The SMILES string of the molecule is NNC(=O)NS(N)(=O)=O. The molecule has 0 fully saturated rings. The Morgan fingerprint density at radius 2 is 1.89 bits per heavy atom. The van der Waals surface area contributed by atoms with Gasteiger partial charge in [-0.3, -0.25) is 5.43 Å². The lowest BCUT2D eigenvalue weighted by atomic mass is 11.2. The van der Waals surface area contributed by atoms with Crippen LogP contribution in [0.2, 0.25) is 0 Å². The number of urea groups is 1. The van der Waals surface area contributed by atoms with Crippen LogP contribution in [0.1, 0.15) is 0 Å². The highest BCUT2D eigenvalue weighted by Crippen LogP contribution is 1.64. The van der Waals surface area contributed by atoms with E-state index in [1.165, 1.54) is 10.1 Å². The second-order valence-corrected chi connectivity index (χ2v) is 2.41. The first-order chi connectivity index (χ1) is 3.95. The van der Waals surface area contributed by atoms with Crippen molar-refractivity contribution in [3.63, 3.8) is 0 Å². The van der Waals surface area contributed by atoms with Crippen molar-refractivity contribution in [3.05, 3.63) is 0 Å². The lowest BCUT2D eigenvalue weighted by Crippen LogP contribution is -2.45. The summed E-state index contributed by atoms with van der Waals surface area (Å²) in [5.41, 5.74) is 1.51. The summed E-state index contributed by atoms with van der Waals surface area (Å²) in [6.07, 6.45) is 0. The third-order valence-corrected chi connectivity index (χ3v) is 0.836. The van der Waals surface area contributed by atoms with Gasteiger partial charge in [0.15, 0.2) is 0 Å². The molecule has 0 bridgehead atoms. The molecule has 8 heteroatoms. The van der Waals surface area contributed by atoms with Crippen LogP contribution in [0, 0.1) is 0 Å². The molecule has 9 heavy (non-hydrogen) atoms. The number of rotatable bonds is 1. The van der Waals surface area contributed by atoms with E-state index >= 15 is 0 Å². The Bertz CT molecular complexity index is 194. The summed E-state index contributed by atoms with van der Waals surface area (Å²) in [6, 6.07) is -1.07. The maximum atomic E-state index is 10.0. The van der Waals surface area contributed by atoms with Crippen LogP contribution in [0.15, 0.2) is 0 Å². The van der Waals surface area contributed by atoms with Gasteiger partial charge in [-0.1, -0.05) is 0 Å². The molecule has 0 heterocycles.